The van der Waals surface area contributed by atoms with Gasteiger partial charge in [0, 0.05) is 35.0 Å². The van der Waals surface area contributed by atoms with Crippen molar-refractivity contribution in [2.45, 2.75) is 6.18 Å². The van der Waals surface area contributed by atoms with Gasteiger partial charge >= 0.3 is 6.18 Å². The van der Waals surface area contributed by atoms with Crippen molar-refractivity contribution < 1.29 is 18.1 Å². The maximum Gasteiger partial charge on any atom is 0.417 e. The lowest BCUT2D eigenvalue weighted by molar-refractivity contribution is -0.384. The van der Waals surface area contributed by atoms with Gasteiger partial charge in [0.2, 0.25) is 0 Å². The third-order valence-corrected chi connectivity index (χ3v) is 5.09. The standard InChI is InChI=1S/C19H10ClF3N4O2S/c20-16-6-3-13(7-15(16)19(21,22)23)25-9-12(8-24)18-26-17(10-30-18)11-1-4-14(5-2-11)27(28)29/h1-7,9-10,25H/b12-9+. The Hall–Kier alpha value is -3.42. The Kier molecular flexibility index (Phi) is 6.05. The molecule has 6 nitrogen and oxygen atoms in total. The number of nitro benzene ring substituents is 1. The highest BCUT2D eigenvalue weighted by molar-refractivity contribution is 7.11. The molecule has 0 fully saturated rings. The highest BCUT2D eigenvalue weighted by Gasteiger charge is 2.33. The summed E-state index contributed by atoms with van der Waals surface area (Å²) in [7, 11) is 0. The number of alkyl halides is 3. The van der Waals surface area contributed by atoms with Gasteiger partial charge in [-0.1, -0.05) is 11.6 Å². The zero-order chi connectivity index (χ0) is 21.9. The van der Waals surface area contributed by atoms with Gasteiger partial charge in [-0.15, -0.1) is 11.3 Å². The van der Waals surface area contributed by atoms with Gasteiger partial charge in [0.25, 0.3) is 5.69 Å². The molecule has 0 aliphatic heterocycles. The second-order valence-electron chi connectivity index (χ2n) is 5.85. The van der Waals surface area contributed by atoms with Crippen molar-refractivity contribution in [2.24, 2.45) is 0 Å². The van der Waals surface area contributed by atoms with Crippen molar-refractivity contribution in [2.75, 3.05) is 5.32 Å². The molecule has 30 heavy (non-hydrogen) atoms. The first-order chi connectivity index (χ1) is 14.2. The zero-order valence-electron chi connectivity index (χ0n) is 14.8. The van der Waals surface area contributed by atoms with E-state index in [0.717, 1.165) is 23.5 Å². The minimum absolute atomic E-state index is 0.0581. The number of anilines is 1. The van der Waals surface area contributed by atoms with Crippen LogP contribution in [0, 0.1) is 21.4 Å². The van der Waals surface area contributed by atoms with Crippen LogP contribution in [0.25, 0.3) is 16.8 Å². The summed E-state index contributed by atoms with van der Waals surface area (Å²) in [6.07, 6.45) is -3.35. The molecular formula is C19H10ClF3N4O2S. The van der Waals surface area contributed by atoms with E-state index in [4.69, 9.17) is 11.6 Å². The third-order valence-electron chi connectivity index (χ3n) is 3.88. The summed E-state index contributed by atoms with van der Waals surface area (Å²) >= 11 is 6.75. The van der Waals surface area contributed by atoms with Gasteiger partial charge in [0.05, 0.1) is 21.2 Å². The normalized spacial score (nSPS) is 11.8. The number of aromatic nitrogens is 1. The fraction of sp³-hybridized carbons (Fsp3) is 0.0526. The van der Waals surface area contributed by atoms with Gasteiger partial charge in [0.1, 0.15) is 16.6 Å². The molecule has 0 bridgehead atoms. The van der Waals surface area contributed by atoms with Crippen molar-refractivity contribution in [1.82, 2.24) is 4.98 Å². The van der Waals surface area contributed by atoms with Gasteiger partial charge in [-0.05, 0) is 30.3 Å². The lowest BCUT2D eigenvalue weighted by Gasteiger charge is -2.10. The minimum Gasteiger partial charge on any atom is -0.360 e. The SMILES string of the molecule is N#C/C(=C\Nc1ccc(Cl)c(C(F)(F)F)c1)c1nc(-c2ccc([N+](=O)[O-])cc2)cs1. The molecule has 0 spiro atoms. The molecule has 0 saturated heterocycles. The topological polar surface area (TPSA) is 91.8 Å². The number of non-ortho nitro benzene ring substituents is 1. The van der Waals surface area contributed by atoms with Crippen molar-refractivity contribution in [3.63, 3.8) is 0 Å². The maximum atomic E-state index is 13.0. The molecule has 3 rings (SSSR count). The molecular weight excluding hydrogens is 441 g/mol. The van der Waals surface area contributed by atoms with E-state index in [1.54, 1.807) is 5.38 Å². The smallest absolute Gasteiger partial charge is 0.360 e. The van der Waals surface area contributed by atoms with Crippen LogP contribution in [0.5, 0.6) is 0 Å². The van der Waals surface area contributed by atoms with Crippen LogP contribution in [0.4, 0.5) is 24.5 Å². The largest absolute Gasteiger partial charge is 0.417 e. The number of hydrogen-bond acceptors (Lipinski definition) is 6. The molecule has 3 aromatic rings. The molecule has 0 unspecified atom stereocenters. The molecule has 2 aromatic carbocycles. The second kappa shape index (κ2) is 8.52. The molecule has 0 saturated carbocycles. The number of halogens is 4. The molecule has 0 radical (unpaired) electrons. The summed E-state index contributed by atoms with van der Waals surface area (Å²) in [5, 5.41) is 24.4. The van der Waals surface area contributed by atoms with E-state index >= 15 is 0 Å². The van der Waals surface area contributed by atoms with Gasteiger partial charge in [-0.3, -0.25) is 10.1 Å². The first kappa shape index (κ1) is 21.3. The number of hydrogen-bond donors (Lipinski definition) is 1. The van der Waals surface area contributed by atoms with E-state index in [0.29, 0.717) is 16.3 Å². The Morgan fingerprint density at radius 1 is 1.27 bits per heavy atom. The summed E-state index contributed by atoms with van der Waals surface area (Å²) in [4.78, 5) is 14.5. The number of thiazole rings is 1. The third kappa shape index (κ3) is 4.76. The van der Waals surface area contributed by atoms with Gasteiger partial charge < -0.3 is 5.32 Å². The molecule has 0 aliphatic carbocycles. The van der Waals surface area contributed by atoms with Gasteiger partial charge in [-0.25, -0.2) is 4.98 Å². The van der Waals surface area contributed by atoms with Crippen LogP contribution in [0.1, 0.15) is 10.6 Å². The predicted molar refractivity (Wildman–Crippen MR) is 108 cm³/mol. The minimum atomic E-state index is -4.61. The van der Waals surface area contributed by atoms with Gasteiger partial charge in [0.15, 0.2) is 0 Å². The van der Waals surface area contributed by atoms with E-state index in [-0.39, 0.29) is 16.9 Å². The summed E-state index contributed by atoms with van der Waals surface area (Å²) in [6, 6.07) is 11.0. The Bertz CT molecular complexity index is 1170. The molecule has 1 aromatic heterocycles. The van der Waals surface area contributed by atoms with E-state index in [1.807, 2.05) is 6.07 Å². The average molecular weight is 451 g/mol. The van der Waals surface area contributed by atoms with Crippen LogP contribution in [-0.4, -0.2) is 9.91 Å². The number of benzene rings is 2. The van der Waals surface area contributed by atoms with E-state index in [2.05, 4.69) is 10.3 Å². The first-order valence-corrected chi connectivity index (χ1v) is 9.39. The van der Waals surface area contributed by atoms with Crippen LogP contribution in [-0.2, 0) is 6.18 Å². The molecule has 1 heterocycles. The molecule has 1 N–H and O–H groups in total. The highest BCUT2D eigenvalue weighted by Crippen LogP contribution is 2.36. The molecule has 11 heteroatoms. The van der Waals surface area contributed by atoms with Crippen LogP contribution in [0.15, 0.2) is 54.0 Å². The Morgan fingerprint density at radius 3 is 2.57 bits per heavy atom. The second-order valence-corrected chi connectivity index (χ2v) is 7.11. The van der Waals surface area contributed by atoms with Crippen LogP contribution < -0.4 is 5.32 Å². The Labute approximate surface area is 177 Å². The van der Waals surface area contributed by atoms with E-state index < -0.39 is 21.7 Å². The highest BCUT2D eigenvalue weighted by atomic mass is 35.5. The number of nitrogens with one attached hydrogen (secondary N) is 1. The van der Waals surface area contributed by atoms with E-state index in [9.17, 15) is 28.5 Å². The summed E-state index contributed by atoms with van der Waals surface area (Å²) < 4.78 is 38.9. The lowest BCUT2D eigenvalue weighted by Crippen LogP contribution is -2.06. The van der Waals surface area contributed by atoms with Gasteiger partial charge in [-0.2, -0.15) is 18.4 Å². The summed E-state index contributed by atoms with van der Waals surface area (Å²) in [5.74, 6) is 0. The Morgan fingerprint density at radius 2 is 1.97 bits per heavy atom. The van der Waals surface area contributed by atoms with Crippen molar-refractivity contribution in [3.8, 4) is 17.3 Å². The molecule has 0 atom stereocenters. The quantitative estimate of drug-likeness (QED) is 0.277. The number of nitrogens with zero attached hydrogens (tertiary/aromatic N) is 3. The molecule has 0 aliphatic rings. The Balaban J connectivity index is 1.83. The van der Waals surface area contributed by atoms with Crippen LogP contribution in [0.2, 0.25) is 5.02 Å². The zero-order valence-corrected chi connectivity index (χ0v) is 16.3. The van der Waals surface area contributed by atoms with E-state index in [1.165, 1.54) is 36.5 Å². The van der Waals surface area contributed by atoms with Crippen LogP contribution in [0.3, 0.4) is 0 Å². The van der Waals surface area contributed by atoms with Crippen molar-refractivity contribution in [3.05, 3.63) is 79.8 Å². The van der Waals surface area contributed by atoms with Crippen LogP contribution >= 0.6 is 22.9 Å². The summed E-state index contributed by atoms with van der Waals surface area (Å²) in [6.45, 7) is 0. The predicted octanol–water partition coefficient (Wildman–Crippen LogP) is 6.37. The fourth-order valence-electron chi connectivity index (χ4n) is 2.41. The fourth-order valence-corrected chi connectivity index (χ4v) is 3.43. The lowest BCUT2D eigenvalue weighted by atomic mass is 10.1. The number of nitro groups is 1. The summed E-state index contributed by atoms with van der Waals surface area (Å²) in [5.41, 5.74) is 0.300. The average Bonchev–Trinajstić information content (AvgIpc) is 3.19. The number of allylic oxidation sites excluding steroid dienone is 1. The maximum absolute atomic E-state index is 13.0. The van der Waals surface area contributed by atoms with Crippen molar-refractivity contribution >= 4 is 39.9 Å². The number of rotatable bonds is 5. The molecule has 152 valence electrons. The first-order valence-electron chi connectivity index (χ1n) is 8.13. The molecule has 0 amide bonds. The monoisotopic (exact) mass is 450 g/mol. The van der Waals surface area contributed by atoms with Crippen molar-refractivity contribution in [1.29, 1.82) is 5.26 Å². The number of nitriles is 1.